The maximum atomic E-state index is 6.05. The number of nitrogens with zero attached hydrogens (tertiary/aromatic N) is 2. The molecule has 0 aromatic carbocycles. The van der Waals surface area contributed by atoms with Crippen molar-refractivity contribution in [1.82, 2.24) is 0 Å². The van der Waals surface area contributed by atoms with Crippen LogP contribution in [0.5, 0.6) is 0 Å². The largest absolute Gasteiger partial charge is 0.268 e. The Kier molecular flexibility index (Phi) is 4.08. The molecule has 14 heavy (non-hydrogen) atoms. The highest BCUT2D eigenvalue weighted by Gasteiger charge is 2.11. The molecule has 0 bridgehead atoms. The van der Waals surface area contributed by atoms with Gasteiger partial charge in [-0.1, -0.05) is 24.3 Å². The van der Waals surface area contributed by atoms with Crippen LogP contribution in [0.25, 0.3) is 0 Å². The van der Waals surface area contributed by atoms with Gasteiger partial charge in [0.2, 0.25) is 0 Å². The van der Waals surface area contributed by atoms with E-state index in [2.05, 4.69) is 16.6 Å². The minimum absolute atomic E-state index is 0.185. The second kappa shape index (κ2) is 5.11. The van der Waals surface area contributed by atoms with Crippen molar-refractivity contribution in [1.29, 1.82) is 0 Å². The van der Waals surface area contributed by atoms with E-state index in [9.17, 15) is 0 Å². The Balaban J connectivity index is 2.89. The summed E-state index contributed by atoms with van der Waals surface area (Å²) in [6.07, 6.45) is 5.65. The van der Waals surface area contributed by atoms with E-state index in [1.54, 1.807) is 6.20 Å². The minimum Gasteiger partial charge on any atom is -0.268 e. The van der Waals surface area contributed by atoms with E-state index in [0.29, 0.717) is 5.17 Å². The third-order valence-electron chi connectivity index (χ3n) is 1.82. The maximum Gasteiger partial charge on any atom is 0.150 e. The Bertz CT molecular complexity index is 311. The van der Waals surface area contributed by atoms with Crippen molar-refractivity contribution in [2.75, 3.05) is 0 Å². The molecule has 1 aliphatic rings. The first-order valence-electron chi connectivity index (χ1n) is 4.76. The van der Waals surface area contributed by atoms with Crippen molar-refractivity contribution >= 4 is 22.5 Å². The first-order valence-corrected chi connectivity index (χ1v) is 5.13. The molecule has 0 amide bonds. The fourth-order valence-electron chi connectivity index (χ4n) is 1.16. The maximum absolute atomic E-state index is 6.05. The van der Waals surface area contributed by atoms with Crippen molar-refractivity contribution in [3.8, 4) is 0 Å². The Labute approximate surface area is 90.1 Å². The molecule has 0 atom stereocenters. The summed E-state index contributed by atoms with van der Waals surface area (Å²) in [6.45, 7) is 7.92. The molecule has 0 saturated carbocycles. The molecule has 0 saturated heterocycles. The molecule has 0 aromatic rings. The average Bonchev–Trinajstić information content (AvgIpc) is 2.28. The van der Waals surface area contributed by atoms with E-state index in [1.165, 1.54) is 0 Å². The topological polar surface area (TPSA) is 24.7 Å². The van der Waals surface area contributed by atoms with Gasteiger partial charge in [-0.15, -0.1) is 0 Å². The van der Waals surface area contributed by atoms with E-state index in [1.807, 2.05) is 19.9 Å². The molecule has 0 unspecified atom stereocenters. The molecule has 76 valence electrons. The first-order chi connectivity index (χ1) is 6.61. The second-order valence-corrected chi connectivity index (χ2v) is 3.88. The predicted molar refractivity (Wildman–Crippen MR) is 63.4 cm³/mol. The molecule has 0 radical (unpaired) electrons. The number of hydrogen-bond acceptors (Lipinski definition) is 2. The lowest BCUT2D eigenvalue weighted by Gasteiger charge is -2.05. The molecule has 1 rings (SSSR count). The summed E-state index contributed by atoms with van der Waals surface area (Å²) in [6, 6.07) is 0.185. The summed E-state index contributed by atoms with van der Waals surface area (Å²) < 4.78 is 0. The lowest BCUT2D eigenvalue weighted by Crippen LogP contribution is -2.12. The standard InChI is InChI=1S/C11H15ClN2/c1-8(2)14-11(12)10-9(3)6-4-5-7-13-10/h5,7-8H,3-4,6H2,1-2H3. The van der Waals surface area contributed by atoms with Crippen molar-refractivity contribution in [3.05, 3.63) is 24.4 Å². The highest BCUT2D eigenvalue weighted by molar-refractivity contribution is 6.85. The second-order valence-electron chi connectivity index (χ2n) is 3.52. The summed E-state index contributed by atoms with van der Waals surface area (Å²) in [4.78, 5) is 8.48. The Morgan fingerprint density at radius 2 is 2.36 bits per heavy atom. The lowest BCUT2D eigenvalue weighted by molar-refractivity contribution is 0.841. The normalized spacial score (nSPS) is 18.4. The van der Waals surface area contributed by atoms with E-state index in [4.69, 9.17) is 11.6 Å². The summed E-state index contributed by atoms with van der Waals surface area (Å²) >= 11 is 6.05. The van der Waals surface area contributed by atoms with Gasteiger partial charge >= 0.3 is 0 Å². The van der Waals surface area contributed by atoms with Crippen LogP contribution in [-0.2, 0) is 0 Å². The molecule has 0 N–H and O–H groups in total. The van der Waals surface area contributed by atoms with Gasteiger partial charge in [-0.3, -0.25) is 9.98 Å². The quantitative estimate of drug-likeness (QED) is 0.625. The number of aliphatic imine (C=N–C) groups is 2. The van der Waals surface area contributed by atoms with Gasteiger partial charge < -0.3 is 0 Å². The molecule has 1 aliphatic heterocycles. The van der Waals surface area contributed by atoms with Crippen LogP contribution in [0.15, 0.2) is 34.4 Å². The SMILES string of the molecule is C=C1CCC=CN=C1C(Cl)=NC(C)C. The first kappa shape index (κ1) is 11.2. The lowest BCUT2D eigenvalue weighted by atomic mass is 10.1. The summed E-state index contributed by atoms with van der Waals surface area (Å²) in [5.74, 6) is 0. The monoisotopic (exact) mass is 210 g/mol. The molecule has 0 aliphatic carbocycles. The number of halogens is 1. The molecule has 3 heteroatoms. The van der Waals surface area contributed by atoms with Gasteiger partial charge in [-0.05, 0) is 32.3 Å². The third-order valence-corrected chi connectivity index (χ3v) is 2.10. The summed E-state index contributed by atoms with van der Waals surface area (Å²) in [5, 5.41) is 0.469. The van der Waals surface area contributed by atoms with Gasteiger partial charge in [0.1, 0.15) is 10.9 Å². The fraction of sp³-hybridized carbons (Fsp3) is 0.455. The van der Waals surface area contributed by atoms with Crippen LogP contribution in [-0.4, -0.2) is 16.9 Å². The van der Waals surface area contributed by atoms with E-state index in [-0.39, 0.29) is 6.04 Å². The van der Waals surface area contributed by atoms with Gasteiger partial charge in [0.05, 0.1) is 0 Å². The van der Waals surface area contributed by atoms with Crippen molar-refractivity contribution in [2.24, 2.45) is 9.98 Å². The van der Waals surface area contributed by atoms with Crippen molar-refractivity contribution in [3.63, 3.8) is 0 Å². The number of rotatable bonds is 2. The average molecular weight is 211 g/mol. The molecular weight excluding hydrogens is 196 g/mol. The minimum atomic E-state index is 0.185. The van der Waals surface area contributed by atoms with Crippen LogP contribution in [0.4, 0.5) is 0 Å². The fourth-order valence-corrected chi connectivity index (χ4v) is 1.53. The van der Waals surface area contributed by atoms with Crippen LogP contribution in [0, 0.1) is 0 Å². The zero-order valence-corrected chi connectivity index (χ0v) is 9.38. The van der Waals surface area contributed by atoms with E-state index in [0.717, 1.165) is 24.1 Å². The van der Waals surface area contributed by atoms with Crippen molar-refractivity contribution in [2.45, 2.75) is 32.7 Å². The molecular formula is C11H15ClN2. The highest BCUT2D eigenvalue weighted by Crippen LogP contribution is 2.13. The third kappa shape index (κ3) is 3.11. The van der Waals surface area contributed by atoms with Gasteiger partial charge in [0, 0.05) is 12.2 Å². The molecule has 0 fully saturated rings. The van der Waals surface area contributed by atoms with E-state index >= 15 is 0 Å². The molecule has 2 nitrogen and oxygen atoms in total. The Hall–Kier alpha value is -0.890. The Morgan fingerprint density at radius 3 is 3.00 bits per heavy atom. The van der Waals surface area contributed by atoms with Crippen LogP contribution in [0.2, 0.25) is 0 Å². The number of hydrogen-bond donors (Lipinski definition) is 0. The molecule has 0 spiro atoms. The smallest absolute Gasteiger partial charge is 0.150 e. The zero-order valence-electron chi connectivity index (χ0n) is 8.63. The van der Waals surface area contributed by atoms with Crippen LogP contribution >= 0.6 is 11.6 Å². The van der Waals surface area contributed by atoms with Crippen LogP contribution in [0.3, 0.4) is 0 Å². The van der Waals surface area contributed by atoms with E-state index < -0.39 is 0 Å². The van der Waals surface area contributed by atoms with Gasteiger partial charge in [0.15, 0.2) is 0 Å². The summed E-state index contributed by atoms with van der Waals surface area (Å²) in [5.41, 5.74) is 1.69. The van der Waals surface area contributed by atoms with Crippen LogP contribution < -0.4 is 0 Å². The van der Waals surface area contributed by atoms with Gasteiger partial charge in [-0.25, -0.2) is 0 Å². The van der Waals surface area contributed by atoms with Crippen molar-refractivity contribution < 1.29 is 0 Å². The van der Waals surface area contributed by atoms with Gasteiger partial charge in [-0.2, -0.15) is 0 Å². The Morgan fingerprint density at radius 1 is 1.64 bits per heavy atom. The number of allylic oxidation sites excluding steroid dienone is 2. The molecule has 0 aromatic heterocycles. The summed E-state index contributed by atoms with van der Waals surface area (Å²) in [7, 11) is 0. The highest BCUT2D eigenvalue weighted by atomic mass is 35.5. The molecule has 1 heterocycles. The zero-order chi connectivity index (χ0) is 10.6. The van der Waals surface area contributed by atoms with Crippen LogP contribution in [0.1, 0.15) is 26.7 Å². The van der Waals surface area contributed by atoms with Gasteiger partial charge in [0.25, 0.3) is 0 Å². The predicted octanol–water partition coefficient (Wildman–Crippen LogP) is 3.34.